The minimum Gasteiger partial charge on any atom is -0.350 e. The first-order valence-corrected chi connectivity index (χ1v) is 8.67. The van der Waals surface area contributed by atoms with Gasteiger partial charge in [-0.3, -0.25) is 9.59 Å². The predicted molar refractivity (Wildman–Crippen MR) is 100 cm³/mol. The second-order valence-corrected chi connectivity index (χ2v) is 6.60. The smallest absolute Gasteiger partial charge is 0.242 e. The number of rotatable bonds is 6. The second-order valence-electron chi connectivity index (χ2n) is 5.76. The standard InChI is InChI=1S/C19H20Cl2N2O2/c1-13(19(25)22-11-16-5-3-4-6-18(16)21)23(14(2)24)12-15-7-9-17(20)10-8-15/h3-10,13H,11-12H2,1-2H3,(H,22,25)/t13-/m1/s1. The van der Waals surface area contributed by atoms with Gasteiger partial charge in [-0.15, -0.1) is 0 Å². The maximum Gasteiger partial charge on any atom is 0.242 e. The van der Waals surface area contributed by atoms with Crippen LogP contribution in [0.2, 0.25) is 10.0 Å². The van der Waals surface area contributed by atoms with Crippen LogP contribution in [0.25, 0.3) is 0 Å². The summed E-state index contributed by atoms with van der Waals surface area (Å²) in [6, 6.07) is 13.9. The molecule has 132 valence electrons. The van der Waals surface area contributed by atoms with E-state index in [0.29, 0.717) is 23.1 Å². The van der Waals surface area contributed by atoms with Gasteiger partial charge in [0, 0.05) is 30.1 Å². The third-order valence-corrected chi connectivity index (χ3v) is 4.55. The molecule has 1 atom stereocenters. The Morgan fingerprint density at radius 2 is 1.72 bits per heavy atom. The van der Waals surface area contributed by atoms with E-state index in [1.165, 1.54) is 11.8 Å². The third-order valence-electron chi connectivity index (χ3n) is 3.93. The van der Waals surface area contributed by atoms with Crippen molar-refractivity contribution in [3.8, 4) is 0 Å². The highest BCUT2D eigenvalue weighted by atomic mass is 35.5. The van der Waals surface area contributed by atoms with Gasteiger partial charge in [-0.1, -0.05) is 53.5 Å². The SMILES string of the molecule is CC(=O)N(Cc1ccc(Cl)cc1)[C@H](C)C(=O)NCc1ccccc1Cl. The van der Waals surface area contributed by atoms with Gasteiger partial charge in [0.25, 0.3) is 0 Å². The molecule has 6 heteroatoms. The lowest BCUT2D eigenvalue weighted by Crippen LogP contribution is -2.46. The average Bonchev–Trinajstić information content (AvgIpc) is 2.59. The Morgan fingerprint density at radius 3 is 2.32 bits per heavy atom. The summed E-state index contributed by atoms with van der Waals surface area (Å²) in [5.41, 5.74) is 1.74. The van der Waals surface area contributed by atoms with E-state index in [9.17, 15) is 9.59 Å². The molecule has 0 aliphatic heterocycles. The number of carbonyl (C=O) groups excluding carboxylic acids is 2. The van der Waals surface area contributed by atoms with Crippen LogP contribution in [0.3, 0.4) is 0 Å². The lowest BCUT2D eigenvalue weighted by atomic mass is 10.1. The molecule has 0 aromatic heterocycles. The summed E-state index contributed by atoms with van der Waals surface area (Å²) in [5.74, 6) is -0.403. The Hall–Kier alpha value is -2.04. The van der Waals surface area contributed by atoms with Crippen LogP contribution in [0.15, 0.2) is 48.5 Å². The van der Waals surface area contributed by atoms with Gasteiger partial charge < -0.3 is 10.2 Å². The predicted octanol–water partition coefficient (Wildman–Crippen LogP) is 4.05. The van der Waals surface area contributed by atoms with Gasteiger partial charge in [0.15, 0.2) is 0 Å². The summed E-state index contributed by atoms with van der Waals surface area (Å²) in [7, 11) is 0. The zero-order chi connectivity index (χ0) is 18.4. The number of nitrogens with one attached hydrogen (secondary N) is 1. The number of carbonyl (C=O) groups is 2. The van der Waals surface area contributed by atoms with Crippen molar-refractivity contribution in [2.75, 3.05) is 0 Å². The Bertz CT molecular complexity index is 747. The molecule has 0 saturated carbocycles. The van der Waals surface area contributed by atoms with Gasteiger partial charge in [-0.2, -0.15) is 0 Å². The van der Waals surface area contributed by atoms with Crippen molar-refractivity contribution >= 4 is 35.0 Å². The molecule has 2 aromatic carbocycles. The summed E-state index contributed by atoms with van der Waals surface area (Å²) < 4.78 is 0. The van der Waals surface area contributed by atoms with Gasteiger partial charge in [0.1, 0.15) is 6.04 Å². The fourth-order valence-corrected chi connectivity index (χ4v) is 2.75. The average molecular weight is 379 g/mol. The fourth-order valence-electron chi connectivity index (χ4n) is 2.42. The second kappa shape index (κ2) is 8.88. The molecule has 0 spiro atoms. The molecule has 2 amide bonds. The monoisotopic (exact) mass is 378 g/mol. The zero-order valence-corrected chi connectivity index (χ0v) is 15.6. The lowest BCUT2D eigenvalue weighted by molar-refractivity contribution is -0.139. The summed E-state index contributed by atoms with van der Waals surface area (Å²) in [5, 5.41) is 4.06. The first-order chi connectivity index (χ1) is 11.9. The highest BCUT2D eigenvalue weighted by molar-refractivity contribution is 6.31. The molecule has 0 unspecified atom stereocenters. The molecular weight excluding hydrogens is 359 g/mol. The highest BCUT2D eigenvalue weighted by Crippen LogP contribution is 2.16. The normalized spacial score (nSPS) is 11.7. The van der Waals surface area contributed by atoms with E-state index in [1.54, 1.807) is 25.1 Å². The van der Waals surface area contributed by atoms with Crippen molar-refractivity contribution in [3.63, 3.8) is 0 Å². The number of halogens is 2. The maximum absolute atomic E-state index is 12.4. The van der Waals surface area contributed by atoms with Crippen LogP contribution in [0.4, 0.5) is 0 Å². The minimum atomic E-state index is -0.601. The number of nitrogens with zero attached hydrogens (tertiary/aromatic N) is 1. The molecule has 4 nitrogen and oxygen atoms in total. The van der Waals surface area contributed by atoms with Crippen molar-refractivity contribution in [1.82, 2.24) is 10.2 Å². The Kier molecular flexibility index (Phi) is 6.85. The maximum atomic E-state index is 12.4. The molecule has 0 radical (unpaired) electrons. The molecule has 2 rings (SSSR count). The van der Waals surface area contributed by atoms with E-state index in [2.05, 4.69) is 5.32 Å². The molecule has 0 saturated heterocycles. The molecular formula is C19H20Cl2N2O2. The number of hydrogen-bond donors (Lipinski definition) is 1. The molecule has 25 heavy (non-hydrogen) atoms. The quantitative estimate of drug-likeness (QED) is 0.823. The topological polar surface area (TPSA) is 49.4 Å². The van der Waals surface area contributed by atoms with E-state index in [0.717, 1.165) is 11.1 Å². The Balaban J connectivity index is 2.02. The summed E-state index contributed by atoms with van der Waals surface area (Å²) in [6.07, 6.45) is 0. The summed E-state index contributed by atoms with van der Waals surface area (Å²) in [4.78, 5) is 26.0. The van der Waals surface area contributed by atoms with Crippen LogP contribution < -0.4 is 5.32 Å². The van der Waals surface area contributed by atoms with Crippen LogP contribution in [0.1, 0.15) is 25.0 Å². The fraction of sp³-hybridized carbons (Fsp3) is 0.263. The third kappa shape index (κ3) is 5.48. The van der Waals surface area contributed by atoms with Crippen LogP contribution in [0.5, 0.6) is 0 Å². The number of hydrogen-bond acceptors (Lipinski definition) is 2. The van der Waals surface area contributed by atoms with Crippen molar-refractivity contribution in [2.24, 2.45) is 0 Å². The van der Waals surface area contributed by atoms with Crippen LogP contribution in [-0.2, 0) is 22.7 Å². The van der Waals surface area contributed by atoms with E-state index in [-0.39, 0.29) is 11.8 Å². The van der Waals surface area contributed by atoms with Crippen molar-refractivity contribution in [3.05, 3.63) is 69.7 Å². The molecule has 2 aromatic rings. The van der Waals surface area contributed by atoms with Crippen molar-refractivity contribution < 1.29 is 9.59 Å². The van der Waals surface area contributed by atoms with E-state index < -0.39 is 6.04 Å². The molecule has 0 fully saturated rings. The summed E-state index contributed by atoms with van der Waals surface area (Å²) in [6.45, 7) is 3.82. The van der Waals surface area contributed by atoms with Crippen LogP contribution >= 0.6 is 23.2 Å². The van der Waals surface area contributed by atoms with E-state index in [1.807, 2.05) is 30.3 Å². The van der Waals surface area contributed by atoms with E-state index >= 15 is 0 Å². The van der Waals surface area contributed by atoms with Gasteiger partial charge in [0.2, 0.25) is 11.8 Å². The van der Waals surface area contributed by atoms with Crippen molar-refractivity contribution in [2.45, 2.75) is 33.0 Å². The van der Waals surface area contributed by atoms with Gasteiger partial charge in [-0.25, -0.2) is 0 Å². The number of benzene rings is 2. The molecule has 0 aliphatic carbocycles. The van der Waals surface area contributed by atoms with Gasteiger partial charge >= 0.3 is 0 Å². The van der Waals surface area contributed by atoms with Crippen molar-refractivity contribution in [1.29, 1.82) is 0 Å². The van der Waals surface area contributed by atoms with Gasteiger partial charge in [-0.05, 0) is 36.2 Å². The lowest BCUT2D eigenvalue weighted by Gasteiger charge is -2.27. The van der Waals surface area contributed by atoms with E-state index in [4.69, 9.17) is 23.2 Å². The minimum absolute atomic E-state index is 0.171. The zero-order valence-electron chi connectivity index (χ0n) is 14.1. The molecule has 0 heterocycles. The highest BCUT2D eigenvalue weighted by Gasteiger charge is 2.23. The summed E-state index contributed by atoms with van der Waals surface area (Å²) >= 11 is 12.0. The van der Waals surface area contributed by atoms with Crippen LogP contribution in [-0.4, -0.2) is 22.8 Å². The molecule has 0 aliphatic rings. The molecule has 1 N–H and O–H groups in total. The largest absolute Gasteiger partial charge is 0.350 e. The van der Waals surface area contributed by atoms with Crippen LogP contribution in [0, 0.1) is 0 Å². The molecule has 0 bridgehead atoms. The number of amides is 2. The Labute approximate surface area is 157 Å². The van der Waals surface area contributed by atoms with Gasteiger partial charge in [0.05, 0.1) is 0 Å². The Morgan fingerprint density at radius 1 is 1.08 bits per heavy atom. The first-order valence-electron chi connectivity index (χ1n) is 7.91. The first kappa shape index (κ1) is 19.3.